The van der Waals surface area contributed by atoms with Crippen LogP contribution >= 0.6 is 0 Å². The summed E-state index contributed by atoms with van der Waals surface area (Å²) in [6, 6.07) is 10.0. The van der Waals surface area contributed by atoms with Gasteiger partial charge >= 0.3 is 5.97 Å². The van der Waals surface area contributed by atoms with Crippen LogP contribution in [-0.4, -0.2) is 22.8 Å². The molecular weight excluding hydrogens is 320 g/mol. The van der Waals surface area contributed by atoms with Crippen LogP contribution in [-0.2, 0) is 15.3 Å². The van der Waals surface area contributed by atoms with Crippen molar-refractivity contribution in [3.05, 3.63) is 71.0 Å². The van der Waals surface area contributed by atoms with Gasteiger partial charge in [-0.1, -0.05) is 29.3 Å². The number of amides is 2. The van der Waals surface area contributed by atoms with Crippen molar-refractivity contribution < 1.29 is 28.0 Å². The second kappa shape index (κ2) is 5.52. The highest BCUT2D eigenvalue weighted by molar-refractivity contribution is 6.20. The summed E-state index contributed by atoms with van der Waals surface area (Å²) in [5.41, 5.74) is -2.69. The van der Waals surface area contributed by atoms with Crippen LogP contribution in [0.2, 0.25) is 0 Å². The largest absolute Gasteiger partial charge is 0.374 e. The fourth-order valence-electron chi connectivity index (χ4n) is 2.30. The number of imide groups is 1. The summed E-state index contributed by atoms with van der Waals surface area (Å²) in [4.78, 5) is 41.0. The van der Waals surface area contributed by atoms with Crippen molar-refractivity contribution in [3.8, 4) is 0 Å². The average molecular weight is 331 g/mol. The third-order valence-corrected chi connectivity index (χ3v) is 3.70. The van der Waals surface area contributed by atoms with E-state index in [4.69, 9.17) is 4.84 Å². The summed E-state index contributed by atoms with van der Waals surface area (Å²) in [5, 5.41) is 0.231. The number of hydrogen-bond donors (Lipinski definition) is 0. The van der Waals surface area contributed by atoms with Crippen LogP contribution in [0.3, 0.4) is 0 Å². The fraction of sp³-hybridized carbons (Fsp3) is 0.118. The summed E-state index contributed by atoms with van der Waals surface area (Å²) in [5.74, 6) is -3.75. The van der Waals surface area contributed by atoms with Gasteiger partial charge < -0.3 is 4.84 Å². The molecule has 1 unspecified atom stereocenters. The van der Waals surface area contributed by atoms with Gasteiger partial charge in [-0.05, 0) is 31.2 Å². The van der Waals surface area contributed by atoms with E-state index in [1.807, 2.05) is 0 Å². The zero-order valence-corrected chi connectivity index (χ0v) is 12.5. The van der Waals surface area contributed by atoms with E-state index in [0.29, 0.717) is 0 Å². The summed E-state index contributed by atoms with van der Waals surface area (Å²) in [7, 11) is 0. The summed E-state index contributed by atoms with van der Waals surface area (Å²) < 4.78 is 27.7. The summed E-state index contributed by atoms with van der Waals surface area (Å²) in [6.07, 6.45) is 0. The quantitative estimate of drug-likeness (QED) is 0.811. The van der Waals surface area contributed by atoms with Crippen molar-refractivity contribution >= 4 is 17.8 Å². The maximum Gasteiger partial charge on any atom is 0.374 e. The average Bonchev–Trinajstić information content (AvgIpc) is 2.80. The van der Waals surface area contributed by atoms with Crippen molar-refractivity contribution in [1.82, 2.24) is 5.06 Å². The van der Waals surface area contributed by atoms with Crippen LogP contribution in [0.5, 0.6) is 0 Å². The molecule has 3 rings (SSSR count). The van der Waals surface area contributed by atoms with Crippen LogP contribution in [0.1, 0.15) is 33.2 Å². The Labute approximate surface area is 135 Å². The number of benzene rings is 2. The van der Waals surface area contributed by atoms with Crippen LogP contribution in [0.25, 0.3) is 0 Å². The highest BCUT2D eigenvalue weighted by atomic mass is 19.1. The smallest absolute Gasteiger partial charge is 0.326 e. The molecule has 0 bridgehead atoms. The van der Waals surface area contributed by atoms with Crippen LogP contribution < -0.4 is 0 Å². The van der Waals surface area contributed by atoms with Crippen LogP contribution in [0.15, 0.2) is 48.5 Å². The lowest BCUT2D eigenvalue weighted by molar-refractivity contribution is -0.182. The highest BCUT2D eigenvalue weighted by Crippen LogP contribution is 2.30. The zero-order valence-electron chi connectivity index (χ0n) is 12.5. The molecule has 2 aromatic rings. The van der Waals surface area contributed by atoms with Crippen LogP contribution in [0, 0.1) is 5.82 Å². The van der Waals surface area contributed by atoms with Gasteiger partial charge in [-0.25, -0.2) is 13.6 Å². The van der Waals surface area contributed by atoms with Gasteiger partial charge in [0.1, 0.15) is 5.82 Å². The third kappa shape index (κ3) is 2.44. The Morgan fingerprint density at radius 2 is 1.50 bits per heavy atom. The number of halogens is 2. The molecule has 0 spiro atoms. The van der Waals surface area contributed by atoms with E-state index in [-0.39, 0.29) is 21.8 Å². The molecule has 0 aliphatic carbocycles. The van der Waals surface area contributed by atoms with Crippen LogP contribution in [0.4, 0.5) is 8.78 Å². The van der Waals surface area contributed by atoms with Gasteiger partial charge in [0.05, 0.1) is 11.1 Å². The number of hydrogen-bond acceptors (Lipinski definition) is 4. The first-order valence-corrected chi connectivity index (χ1v) is 6.97. The van der Waals surface area contributed by atoms with Gasteiger partial charge in [-0.2, -0.15) is 0 Å². The number of rotatable bonds is 3. The lowest BCUT2D eigenvalue weighted by Gasteiger charge is -2.21. The number of nitrogens with zero attached hydrogens (tertiary/aromatic N) is 1. The van der Waals surface area contributed by atoms with Gasteiger partial charge in [0, 0.05) is 5.56 Å². The Hall–Kier alpha value is -3.09. The number of carbonyl (C=O) groups excluding carboxylic acids is 3. The normalized spacial score (nSPS) is 15.9. The van der Waals surface area contributed by atoms with E-state index in [9.17, 15) is 23.2 Å². The van der Waals surface area contributed by atoms with E-state index in [1.165, 1.54) is 12.1 Å². The molecule has 0 radical (unpaired) electrons. The Morgan fingerprint density at radius 1 is 1.00 bits per heavy atom. The molecule has 1 heterocycles. The Kier molecular flexibility index (Phi) is 3.63. The van der Waals surface area contributed by atoms with E-state index < -0.39 is 29.3 Å². The Bertz CT molecular complexity index is 811. The molecule has 2 aromatic carbocycles. The second-order valence-electron chi connectivity index (χ2n) is 5.34. The molecule has 2 amide bonds. The predicted octanol–water partition coefficient (Wildman–Crippen LogP) is 2.76. The summed E-state index contributed by atoms with van der Waals surface area (Å²) >= 11 is 0. The molecule has 1 atom stereocenters. The van der Waals surface area contributed by atoms with Crippen molar-refractivity contribution in [2.45, 2.75) is 12.6 Å². The van der Waals surface area contributed by atoms with E-state index in [0.717, 1.165) is 31.2 Å². The molecule has 5 nitrogen and oxygen atoms in total. The van der Waals surface area contributed by atoms with E-state index in [2.05, 4.69) is 0 Å². The third-order valence-electron chi connectivity index (χ3n) is 3.70. The fourth-order valence-corrected chi connectivity index (χ4v) is 2.30. The molecule has 0 aromatic heterocycles. The molecule has 122 valence electrons. The minimum atomic E-state index is -2.66. The summed E-state index contributed by atoms with van der Waals surface area (Å²) in [6.45, 7) is 0.904. The van der Waals surface area contributed by atoms with Crippen molar-refractivity contribution in [2.75, 3.05) is 0 Å². The standard InChI is InChI=1S/C17H11F2NO4/c1-17(19,10-6-8-11(18)9-7-10)16(23)24-20-14(21)12-4-2-3-5-13(12)15(20)22/h2-9H,1H3. The van der Waals surface area contributed by atoms with Gasteiger partial charge in [0.15, 0.2) is 0 Å². The number of carbonyl (C=O) groups is 3. The number of alkyl halides is 1. The maximum absolute atomic E-state index is 14.7. The molecule has 0 saturated carbocycles. The molecule has 7 heteroatoms. The molecule has 24 heavy (non-hydrogen) atoms. The van der Waals surface area contributed by atoms with Gasteiger partial charge in [0.2, 0.25) is 5.67 Å². The minimum Gasteiger partial charge on any atom is -0.326 e. The van der Waals surface area contributed by atoms with Crippen molar-refractivity contribution in [2.24, 2.45) is 0 Å². The SMILES string of the molecule is CC(F)(C(=O)ON1C(=O)c2ccccc2C1=O)c1ccc(F)cc1. The predicted molar refractivity (Wildman–Crippen MR) is 77.9 cm³/mol. The molecule has 1 aliphatic rings. The number of fused-ring (bicyclic) bond motifs is 1. The van der Waals surface area contributed by atoms with E-state index >= 15 is 0 Å². The van der Waals surface area contributed by atoms with Gasteiger partial charge in [-0.3, -0.25) is 9.59 Å². The molecule has 1 aliphatic heterocycles. The lowest BCUT2D eigenvalue weighted by atomic mass is 9.98. The lowest BCUT2D eigenvalue weighted by Crippen LogP contribution is -2.39. The number of hydroxylamine groups is 2. The first-order chi connectivity index (χ1) is 11.3. The molecule has 0 saturated heterocycles. The van der Waals surface area contributed by atoms with Crippen molar-refractivity contribution in [3.63, 3.8) is 0 Å². The van der Waals surface area contributed by atoms with Crippen molar-refractivity contribution in [1.29, 1.82) is 0 Å². The first-order valence-electron chi connectivity index (χ1n) is 6.97. The van der Waals surface area contributed by atoms with Gasteiger partial charge in [-0.15, -0.1) is 0 Å². The van der Waals surface area contributed by atoms with Gasteiger partial charge in [0.25, 0.3) is 11.8 Å². The van der Waals surface area contributed by atoms with E-state index in [1.54, 1.807) is 12.1 Å². The topological polar surface area (TPSA) is 63.7 Å². The molecule has 0 N–H and O–H groups in total. The highest BCUT2D eigenvalue weighted by Gasteiger charge is 2.44. The maximum atomic E-state index is 14.7. The Balaban J connectivity index is 1.84. The molecular formula is C17H11F2NO4. The first kappa shape index (κ1) is 15.8. The molecule has 0 fully saturated rings. The monoisotopic (exact) mass is 331 g/mol. The second-order valence-corrected chi connectivity index (χ2v) is 5.34. The Morgan fingerprint density at radius 3 is 2.00 bits per heavy atom. The minimum absolute atomic E-state index is 0.0673. The zero-order chi connectivity index (χ0) is 17.5.